The molecule has 2 aromatic rings. The SMILES string of the molecule is COc1ccc(C#Cc2ccc(C(=O)N3CCCC(CO)C3)nc2)cc1.O=C(O)C(F)(F)F. The fraction of sp³-hybridized carbons (Fsp3) is 0.348. The van der Waals surface area contributed by atoms with Crippen molar-refractivity contribution in [2.45, 2.75) is 19.0 Å². The second kappa shape index (κ2) is 11.9. The number of carboxylic acid groups (broad SMARTS) is 1. The van der Waals surface area contributed by atoms with E-state index in [1.807, 2.05) is 30.3 Å². The largest absolute Gasteiger partial charge is 0.497 e. The number of methoxy groups -OCH3 is 1. The van der Waals surface area contributed by atoms with E-state index in [1.165, 1.54) is 0 Å². The maximum Gasteiger partial charge on any atom is 0.490 e. The number of aliphatic hydroxyl groups is 1. The topological polar surface area (TPSA) is 100.0 Å². The van der Waals surface area contributed by atoms with E-state index in [-0.39, 0.29) is 18.4 Å². The van der Waals surface area contributed by atoms with Crippen molar-refractivity contribution >= 4 is 11.9 Å². The number of likely N-dealkylation sites (tertiary alicyclic amines) is 1. The molecule has 176 valence electrons. The molecule has 33 heavy (non-hydrogen) atoms. The number of ether oxygens (including phenoxy) is 1. The first kappa shape index (κ1) is 25.7. The van der Waals surface area contributed by atoms with Gasteiger partial charge in [0.1, 0.15) is 11.4 Å². The number of benzene rings is 1. The number of alkyl halides is 3. The number of piperidine rings is 1. The molecule has 7 nitrogen and oxygen atoms in total. The van der Waals surface area contributed by atoms with E-state index in [0.717, 1.165) is 36.3 Å². The lowest BCUT2D eigenvalue weighted by Gasteiger charge is -2.31. The molecule has 1 unspecified atom stereocenters. The Morgan fingerprint density at radius 2 is 1.76 bits per heavy atom. The number of hydrogen-bond donors (Lipinski definition) is 2. The van der Waals surface area contributed by atoms with Crippen LogP contribution < -0.4 is 4.74 Å². The molecule has 0 bridgehead atoms. The fourth-order valence-corrected chi connectivity index (χ4v) is 2.97. The summed E-state index contributed by atoms with van der Waals surface area (Å²) in [6.07, 6.45) is -1.58. The van der Waals surface area contributed by atoms with E-state index in [1.54, 1.807) is 24.3 Å². The Kier molecular flexibility index (Phi) is 9.24. The van der Waals surface area contributed by atoms with Gasteiger partial charge in [-0.05, 0) is 55.2 Å². The number of carbonyl (C=O) groups is 2. The van der Waals surface area contributed by atoms with Crippen molar-refractivity contribution in [3.63, 3.8) is 0 Å². The van der Waals surface area contributed by atoms with Crippen molar-refractivity contribution in [2.24, 2.45) is 5.92 Å². The smallest absolute Gasteiger partial charge is 0.490 e. The molecule has 1 aliphatic rings. The highest BCUT2D eigenvalue weighted by Gasteiger charge is 2.38. The molecule has 1 aromatic carbocycles. The number of carboxylic acids is 1. The summed E-state index contributed by atoms with van der Waals surface area (Å²) in [6, 6.07) is 11.0. The highest BCUT2D eigenvalue weighted by atomic mass is 19.4. The molecule has 3 rings (SSSR count). The zero-order valence-electron chi connectivity index (χ0n) is 17.8. The van der Waals surface area contributed by atoms with Gasteiger partial charge in [-0.15, -0.1) is 0 Å². The van der Waals surface area contributed by atoms with Crippen molar-refractivity contribution in [3.8, 4) is 17.6 Å². The molecular formula is C23H23F3N2O5. The standard InChI is InChI=1S/C21H22N2O3.C2HF3O2/c1-26-19-9-6-16(7-10-19)4-5-17-8-11-20(22-13-17)21(25)23-12-2-3-18(14-23)15-24;3-2(4,5)1(6)7/h6-11,13,18,24H,2-3,12,14-15H2,1H3;(H,6,7). The van der Waals surface area contributed by atoms with Gasteiger partial charge in [-0.3, -0.25) is 4.79 Å². The predicted molar refractivity (Wildman–Crippen MR) is 113 cm³/mol. The van der Waals surface area contributed by atoms with Gasteiger partial charge in [0.15, 0.2) is 0 Å². The summed E-state index contributed by atoms with van der Waals surface area (Å²) in [5.74, 6) is 4.24. The summed E-state index contributed by atoms with van der Waals surface area (Å²) in [4.78, 5) is 27.5. The van der Waals surface area contributed by atoms with E-state index in [9.17, 15) is 23.1 Å². The minimum atomic E-state index is -5.08. The molecule has 1 aliphatic heterocycles. The van der Waals surface area contributed by atoms with Crippen LogP contribution in [0.1, 0.15) is 34.5 Å². The number of carbonyl (C=O) groups excluding carboxylic acids is 1. The summed E-state index contributed by atoms with van der Waals surface area (Å²) >= 11 is 0. The van der Waals surface area contributed by atoms with Crippen LogP contribution in [0.3, 0.4) is 0 Å². The second-order valence-electron chi connectivity index (χ2n) is 7.16. The molecule has 2 heterocycles. The van der Waals surface area contributed by atoms with E-state index in [0.29, 0.717) is 12.2 Å². The zero-order valence-corrected chi connectivity index (χ0v) is 17.8. The number of pyridine rings is 1. The van der Waals surface area contributed by atoms with E-state index >= 15 is 0 Å². The third-order valence-corrected chi connectivity index (χ3v) is 4.73. The van der Waals surface area contributed by atoms with Crippen LogP contribution in [-0.4, -0.2) is 65.0 Å². The molecule has 1 fully saturated rings. The zero-order chi connectivity index (χ0) is 24.4. The molecule has 1 atom stereocenters. The van der Waals surface area contributed by atoms with Crippen LogP contribution in [0.5, 0.6) is 5.75 Å². The number of aliphatic hydroxyl groups excluding tert-OH is 1. The summed E-state index contributed by atoms with van der Waals surface area (Å²) in [6.45, 7) is 1.43. The predicted octanol–water partition coefficient (Wildman–Crippen LogP) is 2.97. The maximum absolute atomic E-state index is 12.5. The number of nitrogens with zero attached hydrogens (tertiary/aromatic N) is 2. The molecular weight excluding hydrogens is 441 g/mol. The van der Waals surface area contributed by atoms with Gasteiger partial charge in [-0.2, -0.15) is 13.2 Å². The fourth-order valence-electron chi connectivity index (χ4n) is 2.97. The van der Waals surface area contributed by atoms with Gasteiger partial charge in [0.25, 0.3) is 5.91 Å². The summed E-state index contributed by atoms with van der Waals surface area (Å²) < 4.78 is 36.9. The summed E-state index contributed by atoms with van der Waals surface area (Å²) in [7, 11) is 1.63. The average Bonchev–Trinajstić information content (AvgIpc) is 2.82. The Morgan fingerprint density at radius 1 is 1.15 bits per heavy atom. The van der Waals surface area contributed by atoms with Gasteiger partial charge in [-0.1, -0.05) is 11.8 Å². The van der Waals surface area contributed by atoms with E-state index < -0.39 is 12.1 Å². The minimum absolute atomic E-state index is 0.0854. The number of rotatable bonds is 3. The lowest BCUT2D eigenvalue weighted by molar-refractivity contribution is -0.192. The van der Waals surface area contributed by atoms with Crippen molar-refractivity contribution < 1.29 is 37.7 Å². The van der Waals surface area contributed by atoms with E-state index in [2.05, 4.69) is 16.8 Å². The Bertz CT molecular complexity index is 996. The van der Waals surface area contributed by atoms with Crippen molar-refractivity contribution in [3.05, 3.63) is 59.4 Å². The molecule has 2 N–H and O–H groups in total. The number of aliphatic carboxylic acids is 1. The quantitative estimate of drug-likeness (QED) is 0.678. The molecule has 10 heteroatoms. The first-order valence-electron chi connectivity index (χ1n) is 9.96. The lowest BCUT2D eigenvalue weighted by atomic mass is 9.99. The minimum Gasteiger partial charge on any atom is -0.497 e. The highest BCUT2D eigenvalue weighted by Crippen LogP contribution is 2.18. The third kappa shape index (κ3) is 8.12. The van der Waals surface area contributed by atoms with Gasteiger partial charge in [-0.25, -0.2) is 9.78 Å². The van der Waals surface area contributed by atoms with Crippen LogP contribution in [0.25, 0.3) is 0 Å². The monoisotopic (exact) mass is 464 g/mol. The van der Waals surface area contributed by atoms with Crippen LogP contribution in [0.4, 0.5) is 13.2 Å². The second-order valence-corrected chi connectivity index (χ2v) is 7.16. The lowest BCUT2D eigenvalue weighted by Crippen LogP contribution is -2.41. The van der Waals surface area contributed by atoms with Crippen molar-refractivity contribution in [1.82, 2.24) is 9.88 Å². The number of hydrogen-bond acceptors (Lipinski definition) is 5. The first-order chi connectivity index (χ1) is 15.6. The molecule has 0 spiro atoms. The summed E-state index contributed by atoms with van der Waals surface area (Å²) in [5, 5.41) is 16.4. The number of aromatic nitrogens is 1. The van der Waals surface area contributed by atoms with Crippen molar-refractivity contribution in [1.29, 1.82) is 0 Å². The van der Waals surface area contributed by atoms with E-state index in [4.69, 9.17) is 14.6 Å². The summed E-state index contributed by atoms with van der Waals surface area (Å²) in [5.41, 5.74) is 2.05. The van der Waals surface area contributed by atoms with Crippen LogP contribution in [0.15, 0.2) is 42.6 Å². The van der Waals surface area contributed by atoms with Gasteiger partial charge >= 0.3 is 12.1 Å². The van der Waals surface area contributed by atoms with Crippen LogP contribution in [0, 0.1) is 17.8 Å². The van der Waals surface area contributed by atoms with Gasteiger partial charge in [0.2, 0.25) is 0 Å². The average molecular weight is 464 g/mol. The Labute approximate surface area is 188 Å². The number of amides is 1. The van der Waals surface area contributed by atoms with Crippen molar-refractivity contribution in [2.75, 3.05) is 26.8 Å². The number of halogens is 3. The Hall–Kier alpha value is -3.58. The van der Waals surface area contributed by atoms with Gasteiger partial charge < -0.3 is 19.8 Å². The molecule has 1 saturated heterocycles. The maximum atomic E-state index is 12.5. The van der Waals surface area contributed by atoms with Crippen LogP contribution in [0.2, 0.25) is 0 Å². The van der Waals surface area contributed by atoms with Crippen LogP contribution >= 0.6 is 0 Å². The Morgan fingerprint density at radius 3 is 2.27 bits per heavy atom. The Balaban J connectivity index is 0.000000479. The highest BCUT2D eigenvalue weighted by molar-refractivity contribution is 5.92. The molecule has 0 aliphatic carbocycles. The molecule has 1 amide bonds. The normalized spacial score (nSPS) is 15.4. The molecule has 1 aromatic heterocycles. The van der Waals surface area contributed by atoms with Gasteiger partial charge in [0, 0.05) is 37.0 Å². The first-order valence-corrected chi connectivity index (χ1v) is 9.96. The van der Waals surface area contributed by atoms with Gasteiger partial charge in [0.05, 0.1) is 7.11 Å². The third-order valence-electron chi connectivity index (χ3n) is 4.73. The molecule has 0 saturated carbocycles. The molecule has 0 radical (unpaired) electrons. The van der Waals surface area contributed by atoms with Crippen LogP contribution in [-0.2, 0) is 4.79 Å².